The summed E-state index contributed by atoms with van der Waals surface area (Å²) in [6.45, 7) is 8.76. The Kier molecular flexibility index (Phi) is 6.15. The van der Waals surface area contributed by atoms with Gasteiger partial charge in [-0.3, -0.25) is 4.79 Å². The van der Waals surface area contributed by atoms with E-state index in [9.17, 15) is 4.79 Å². The minimum atomic E-state index is 0.122. The zero-order valence-electron chi connectivity index (χ0n) is 15.0. The number of nitrogens with zero attached hydrogens (tertiary/aromatic N) is 2. The van der Waals surface area contributed by atoms with Gasteiger partial charge in [-0.15, -0.1) is 11.3 Å². The summed E-state index contributed by atoms with van der Waals surface area (Å²) in [6.07, 6.45) is 3.69. The number of carbonyl (C=O) groups excluding carboxylic acids is 1. The van der Waals surface area contributed by atoms with Gasteiger partial charge in [0.05, 0.1) is 6.54 Å². The third-order valence-electron chi connectivity index (χ3n) is 4.34. The third-order valence-corrected chi connectivity index (χ3v) is 6.32. The van der Waals surface area contributed by atoms with Crippen molar-refractivity contribution in [2.45, 2.75) is 45.1 Å². The average Bonchev–Trinajstić information content (AvgIpc) is 2.98. The maximum atomic E-state index is 12.4. The number of hydrogen-bond acceptors (Lipinski definition) is 5. The lowest BCUT2D eigenvalue weighted by atomic mass is 9.97. The van der Waals surface area contributed by atoms with E-state index in [0.29, 0.717) is 6.54 Å². The van der Waals surface area contributed by atoms with Gasteiger partial charge >= 0.3 is 0 Å². The summed E-state index contributed by atoms with van der Waals surface area (Å²) in [5, 5.41) is 4.03. The van der Waals surface area contributed by atoms with E-state index in [2.05, 4.69) is 46.7 Å². The molecule has 1 N–H and O–H groups in total. The Morgan fingerprint density at radius 3 is 2.52 bits per heavy atom. The SMILES string of the molecule is Cc1cc(C)cc(SN2CCC(C(=O)NCc3ncc(C)s3)CC2)c1. The largest absolute Gasteiger partial charge is 0.349 e. The van der Waals surface area contributed by atoms with Crippen LogP contribution in [0.2, 0.25) is 0 Å². The highest BCUT2D eigenvalue weighted by atomic mass is 32.2. The summed E-state index contributed by atoms with van der Waals surface area (Å²) >= 11 is 3.46. The lowest BCUT2D eigenvalue weighted by Gasteiger charge is -2.30. The number of carbonyl (C=O) groups is 1. The normalized spacial score (nSPS) is 16.1. The molecule has 6 heteroatoms. The van der Waals surface area contributed by atoms with Crippen LogP contribution in [0.15, 0.2) is 29.3 Å². The van der Waals surface area contributed by atoms with Crippen LogP contribution in [-0.2, 0) is 11.3 Å². The molecule has 0 atom stereocenters. The predicted octanol–water partition coefficient (Wildman–Crippen LogP) is 4.10. The molecule has 1 aromatic heterocycles. The van der Waals surface area contributed by atoms with Gasteiger partial charge in [0.1, 0.15) is 5.01 Å². The minimum absolute atomic E-state index is 0.122. The van der Waals surface area contributed by atoms with Gasteiger partial charge in [0.2, 0.25) is 5.91 Å². The summed E-state index contributed by atoms with van der Waals surface area (Å²) in [7, 11) is 0. The van der Waals surface area contributed by atoms with E-state index in [0.717, 1.165) is 30.9 Å². The van der Waals surface area contributed by atoms with Crippen molar-refractivity contribution in [1.82, 2.24) is 14.6 Å². The highest BCUT2D eigenvalue weighted by molar-refractivity contribution is 7.97. The van der Waals surface area contributed by atoms with Crippen LogP contribution in [0, 0.1) is 26.7 Å². The molecule has 3 rings (SSSR count). The molecule has 0 spiro atoms. The molecule has 1 fully saturated rings. The first-order valence-electron chi connectivity index (χ1n) is 8.70. The van der Waals surface area contributed by atoms with E-state index in [1.165, 1.54) is 20.9 Å². The number of aromatic nitrogens is 1. The molecule has 0 aliphatic carbocycles. The zero-order chi connectivity index (χ0) is 17.8. The Labute approximate surface area is 158 Å². The monoisotopic (exact) mass is 375 g/mol. The Bertz CT molecular complexity index is 716. The van der Waals surface area contributed by atoms with Crippen LogP contribution >= 0.6 is 23.3 Å². The van der Waals surface area contributed by atoms with Crippen molar-refractivity contribution >= 4 is 29.2 Å². The Morgan fingerprint density at radius 1 is 1.24 bits per heavy atom. The summed E-state index contributed by atoms with van der Waals surface area (Å²) in [5.74, 6) is 0.293. The van der Waals surface area contributed by atoms with E-state index in [1.807, 2.05) is 25.1 Å². The quantitative estimate of drug-likeness (QED) is 0.799. The molecule has 0 radical (unpaired) electrons. The molecule has 4 nitrogen and oxygen atoms in total. The van der Waals surface area contributed by atoms with Crippen LogP contribution in [-0.4, -0.2) is 28.3 Å². The van der Waals surface area contributed by atoms with E-state index >= 15 is 0 Å². The van der Waals surface area contributed by atoms with Crippen molar-refractivity contribution in [3.05, 3.63) is 45.4 Å². The molecule has 1 aliphatic heterocycles. The summed E-state index contributed by atoms with van der Waals surface area (Å²) < 4.78 is 2.38. The maximum Gasteiger partial charge on any atom is 0.223 e. The highest BCUT2D eigenvalue weighted by Gasteiger charge is 2.25. The molecule has 1 saturated heterocycles. The first-order chi connectivity index (χ1) is 12.0. The number of nitrogens with one attached hydrogen (secondary N) is 1. The van der Waals surface area contributed by atoms with E-state index in [1.54, 1.807) is 11.3 Å². The Morgan fingerprint density at radius 2 is 1.92 bits per heavy atom. The van der Waals surface area contributed by atoms with E-state index in [-0.39, 0.29) is 11.8 Å². The van der Waals surface area contributed by atoms with Crippen LogP contribution in [0.25, 0.3) is 0 Å². The number of amides is 1. The lowest BCUT2D eigenvalue weighted by Crippen LogP contribution is -2.37. The van der Waals surface area contributed by atoms with E-state index in [4.69, 9.17) is 0 Å². The fraction of sp³-hybridized carbons (Fsp3) is 0.474. The molecule has 0 bridgehead atoms. The van der Waals surface area contributed by atoms with Gasteiger partial charge in [-0.1, -0.05) is 6.07 Å². The van der Waals surface area contributed by atoms with Crippen molar-refractivity contribution in [3.8, 4) is 0 Å². The smallest absolute Gasteiger partial charge is 0.223 e. The topological polar surface area (TPSA) is 45.2 Å². The standard InChI is InChI=1S/C19H25N3OS2/c1-13-8-14(2)10-17(9-13)25-22-6-4-16(5-7-22)19(23)21-12-18-20-11-15(3)24-18/h8-11,16H,4-7,12H2,1-3H3,(H,21,23). The summed E-state index contributed by atoms with van der Waals surface area (Å²) in [4.78, 5) is 19.1. The number of piperidine rings is 1. The molecular weight excluding hydrogens is 350 g/mol. The van der Waals surface area contributed by atoms with Gasteiger partial charge in [-0.05, 0) is 68.8 Å². The van der Waals surface area contributed by atoms with Gasteiger partial charge < -0.3 is 5.32 Å². The fourth-order valence-corrected chi connectivity index (χ4v) is 5.03. The molecule has 1 aromatic carbocycles. The van der Waals surface area contributed by atoms with Crippen LogP contribution in [0.1, 0.15) is 33.9 Å². The first-order valence-corrected chi connectivity index (χ1v) is 10.3. The number of benzene rings is 1. The molecular formula is C19H25N3OS2. The predicted molar refractivity (Wildman–Crippen MR) is 105 cm³/mol. The fourth-order valence-electron chi connectivity index (χ4n) is 3.13. The summed E-state index contributed by atoms with van der Waals surface area (Å²) in [6, 6.07) is 6.66. The van der Waals surface area contributed by atoms with Gasteiger partial charge in [0.25, 0.3) is 0 Å². The van der Waals surface area contributed by atoms with Gasteiger partial charge in [0, 0.05) is 35.0 Å². The number of hydrogen-bond donors (Lipinski definition) is 1. The van der Waals surface area contributed by atoms with Crippen molar-refractivity contribution in [2.75, 3.05) is 13.1 Å². The zero-order valence-corrected chi connectivity index (χ0v) is 16.7. The molecule has 1 aliphatic rings. The van der Waals surface area contributed by atoms with Crippen LogP contribution in [0.5, 0.6) is 0 Å². The number of aryl methyl sites for hydroxylation is 3. The van der Waals surface area contributed by atoms with Gasteiger partial charge in [0.15, 0.2) is 0 Å². The first kappa shape index (κ1) is 18.4. The highest BCUT2D eigenvalue weighted by Crippen LogP contribution is 2.29. The maximum absolute atomic E-state index is 12.4. The van der Waals surface area contributed by atoms with Crippen molar-refractivity contribution in [1.29, 1.82) is 0 Å². The number of thiazole rings is 1. The van der Waals surface area contributed by atoms with Crippen LogP contribution in [0.4, 0.5) is 0 Å². The van der Waals surface area contributed by atoms with Crippen LogP contribution < -0.4 is 5.32 Å². The molecule has 25 heavy (non-hydrogen) atoms. The second-order valence-corrected chi connectivity index (χ2v) is 9.19. The van der Waals surface area contributed by atoms with Crippen molar-refractivity contribution in [3.63, 3.8) is 0 Å². The summed E-state index contributed by atoms with van der Waals surface area (Å²) in [5.41, 5.74) is 2.60. The molecule has 0 saturated carbocycles. The van der Waals surface area contributed by atoms with Crippen molar-refractivity contribution in [2.24, 2.45) is 5.92 Å². The third kappa shape index (κ3) is 5.30. The molecule has 2 aromatic rings. The Balaban J connectivity index is 1.45. The van der Waals surface area contributed by atoms with Crippen molar-refractivity contribution < 1.29 is 4.79 Å². The second-order valence-electron chi connectivity index (χ2n) is 6.70. The molecule has 0 unspecified atom stereocenters. The molecule has 2 heterocycles. The lowest BCUT2D eigenvalue weighted by molar-refractivity contribution is -0.126. The number of rotatable bonds is 5. The van der Waals surface area contributed by atoms with Gasteiger partial charge in [-0.25, -0.2) is 9.29 Å². The Hall–Kier alpha value is -1.37. The molecule has 1 amide bonds. The van der Waals surface area contributed by atoms with Crippen LogP contribution in [0.3, 0.4) is 0 Å². The average molecular weight is 376 g/mol. The second kappa shape index (κ2) is 8.34. The van der Waals surface area contributed by atoms with E-state index < -0.39 is 0 Å². The van der Waals surface area contributed by atoms with Gasteiger partial charge in [-0.2, -0.15) is 0 Å². The molecule has 134 valence electrons. The minimum Gasteiger partial charge on any atom is -0.349 e.